The van der Waals surface area contributed by atoms with Crippen molar-refractivity contribution >= 4 is 5.91 Å². The van der Waals surface area contributed by atoms with Gasteiger partial charge in [-0.3, -0.25) is 4.79 Å². The van der Waals surface area contributed by atoms with Gasteiger partial charge < -0.3 is 16.0 Å². The Balaban J connectivity index is 2.66. The van der Waals surface area contributed by atoms with Crippen LogP contribution in [0.2, 0.25) is 0 Å². The van der Waals surface area contributed by atoms with E-state index in [0.29, 0.717) is 6.42 Å². The summed E-state index contributed by atoms with van der Waals surface area (Å²) in [6, 6.07) is -0.0998. The lowest BCUT2D eigenvalue weighted by atomic mass is 9.96. The molecule has 0 fully saturated rings. The molecule has 17 heavy (non-hydrogen) atoms. The molecule has 0 aliphatic rings. The monoisotopic (exact) mass is 238 g/mol. The molecular weight excluding hydrogens is 216 g/mol. The number of carbonyl (C=O) groups excluding carboxylic acids is 1. The van der Waals surface area contributed by atoms with Gasteiger partial charge in [-0.1, -0.05) is 20.3 Å². The number of carbonyl (C=O) groups is 1. The summed E-state index contributed by atoms with van der Waals surface area (Å²) in [6.45, 7) is 5.78. The van der Waals surface area contributed by atoms with Gasteiger partial charge in [-0.15, -0.1) is 0 Å². The quantitative estimate of drug-likeness (QED) is 0.702. The van der Waals surface area contributed by atoms with Crippen molar-refractivity contribution in [2.75, 3.05) is 0 Å². The van der Waals surface area contributed by atoms with E-state index in [2.05, 4.69) is 15.3 Å². The van der Waals surface area contributed by atoms with Crippen molar-refractivity contribution in [1.29, 1.82) is 0 Å². The fraction of sp³-hybridized carbons (Fsp3) is 0.667. The number of nitrogens with zero attached hydrogens (tertiary/aromatic N) is 1. The highest BCUT2D eigenvalue weighted by molar-refractivity contribution is 5.85. The summed E-state index contributed by atoms with van der Waals surface area (Å²) in [5.41, 5.74) is 5.17. The second-order valence-corrected chi connectivity index (χ2v) is 4.58. The van der Waals surface area contributed by atoms with Crippen LogP contribution in [0.15, 0.2) is 12.4 Å². The van der Waals surface area contributed by atoms with Crippen molar-refractivity contribution in [1.82, 2.24) is 15.3 Å². The smallest absolute Gasteiger partial charge is 0.240 e. The lowest BCUT2D eigenvalue weighted by molar-refractivity contribution is -0.126. The van der Waals surface area contributed by atoms with E-state index in [9.17, 15) is 4.79 Å². The Morgan fingerprint density at radius 2 is 2.35 bits per heavy atom. The Bertz CT molecular complexity index is 345. The molecule has 1 aromatic rings. The predicted octanol–water partition coefficient (Wildman–Crippen LogP) is 1.49. The highest BCUT2D eigenvalue weighted by Crippen LogP contribution is 2.15. The van der Waals surface area contributed by atoms with Crippen LogP contribution in [-0.2, 0) is 4.79 Å². The van der Waals surface area contributed by atoms with Crippen molar-refractivity contribution in [2.24, 2.45) is 5.73 Å². The molecular formula is C12H22N4O. The Hall–Kier alpha value is -1.36. The Labute approximate surface area is 102 Å². The number of hydrogen-bond donors (Lipinski definition) is 3. The number of rotatable bonds is 6. The van der Waals surface area contributed by atoms with Gasteiger partial charge in [0.05, 0.1) is 11.6 Å². The van der Waals surface area contributed by atoms with Crippen LogP contribution >= 0.6 is 0 Å². The molecule has 1 heterocycles. The van der Waals surface area contributed by atoms with Gasteiger partial charge in [0.25, 0.3) is 0 Å². The van der Waals surface area contributed by atoms with Gasteiger partial charge in [-0.25, -0.2) is 4.98 Å². The third-order valence-corrected chi connectivity index (χ3v) is 2.85. The van der Waals surface area contributed by atoms with Gasteiger partial charge in [0.2, 0.25) is 5.91 Å². The zero-order valence-electron chi connectivity index (χ0n) is 10.8. The van der Waals surface area contributed by atoms with Crippen LogP contribution in [0.4, 0.5) is 0 Å². The molecule has 0 aliphatic carbocycles. The molecule has 5 heteroatoms. The van der Waals surface area contributed by atoms with Crippen LogP contribution in [0.3, 0.4) is 0 Å². The number of imidazole rings is 1. The third-order valence-electron chi connectivity index (χ3n) is 2.85. The van der Waals surface area contributed by atoms with E-state index in [0.717, 1.165) is 18.7 Å². The molecule has 5 nitrogen and oxygen atoms in total. The average molecular weight is 238 g/mol. The van der Waals surface area contributed by atoms with Gasteiger partial charge in [0.15, 0.2) is 0 Å². The Morgan fingerprint density at radius 3 is 2.82 bits per heavy atom. The van der Waals surface area contributed by atoms with Crippen molar-refractivity contribution in [3.05, 3.63) is 18.2 Å². The zero-order chi connectivity index (χ0) is 12.9. The molecule has 0 aliphatic heterocycles. The Kier molecular flexibility index (Phi) is 4.69. The first-order valence-electron chi connectivity index (χ1n) is 6.10. The van der Waals surface area contributed by atoms with E-state index in [4.69, 9.17) is 5.73 Å². The maximum absolute atomic E-state index is 12.0. The van der Waals surface area contributed by atoms with Gasteiger partial charge in [-0.05, 0) is 19.8 Å². The SMILES string of the molecule is CCCC(C)(N)C(=O)NC(CC)c1ncc[nH]1. The normalized spacial score (nSPS) is 16.2. The molecule has 1 amide bonds. The van der Waals surface area contributed by atoms with Gasteiger partial charge in [0.1, 0.15) is 5.82 Å². The maximum Gasteiger partial charge on any atom is 0.240 e. The summed E-state index contributed by atoms with van der Waals surface area (Å²) in [6.07, 6.45) is 5.77. The first kappa shape index (κ1) is 13.7. The van der Waals surface area contributed by atoms with E-state index in [1.54, 1.807) is 19.3 Å². The molecule has 1 rings (SSSR count). The van der Waals surface area contributed by atoms with Crippen molar-refractivity contribution in [3.63, 3.8) is 0 Å². The number of H-pyrrole nitrogens is 1. The molecule has 0 aromatic carbocycles. The minimum atomic E-state index is -0.811. The predicted molar refractivity (Wildman–Crippen MR) is 67.3 cm³/mol. The summed E-state index contributed by atoms with van der Waals surface area (Å²) >= 11 is 0. The molecule has 0 bridgehead atoms. The van der Waals surface area contributed by atoms with Crippen molar-refractivity contribution < 1.29 is 4.79 Å². The number of amides is 1. The molecule has 2 unspecified atom stereocenters. The van der Waals surface area contributed by atoms with Crippen LogP contribution < -0.4 is 11.1 Å². The fourth-order valence-corrected chi connectivity index (χ4v) is 1.79. The summed E-state index contributed by atoms with van der Waals surface area (Å²) in [4.78, 5) is 19.2. The second-order valence-electron chi connectivity index (χ2n) is 4.58. The number of hydrogen-bond acceptors (Lipinski definition) is 3. The van der Waals surface area contributed by atoms with Crippen LogP contribution in [-0.4, -0.2) is 21.4 Å². The minimum Gasteiger partial charge on any atom is -0.347 e. The Morgan fingerprint density at radius 1 is 1.65 bits per heavy atom. The third kappa shape index (κ3) is 3.56. The van der Waals surface area contributed by atoms with Crippen LogP contribution in [0.1, 0.15) is 51.9 Å². The average Bonchev–Trinajstić information content (AvgIpc) is 2.78. The van der Waals surface area contributed by atoms with E-state index in [1.807, 2.05) is 13.8 Å². The van der Waals surface area contributed by atoms with Crippen LogP contribution in [0.5, 0.6) is 0 Å². The summed E-state index contributed by atoms with van der Waals surface area (Å²) in [5, 5.41) is 2.94. The molecule has 4 N–H and O–H groups in total. The molecule has 0 saturated carbocycles. The van der Waals surface area contributed by atoms with Gasteiger partial charge in [0, 0.05) is 12.4 Å². The first-order chi connectivity index (χ1) is 8.01. The van der Waals surface area contributed by atoms with Gasteiger partial charge in [-0.2, -0.15) is 0 Å². The maximum atomic E-state index is 12.0. The second kappa shape index (κ2) is 5.82. The zero-order valence-corrected chi connectivity index (χ0v) is 10.8. The van der Waals surface area contributed by atoms with Gasteiger partial charge >= 0.3 is 0 Å². The standard InChI is InChI=1S/C12H22N4O/c1-4-6-12(3,13)11(17)16-9(5-2)10-14-7-8-15-10/h7-9H,4-6,13H2,1-3H3,(H,14,15)(H,16,17). The lowest BCUT2D eigenvalue weighted by Crippen LogP contribution is -2.52. The molecule has 1 aromatic heterocycles. The first-order valence-corrected chi connectivity index (χ1v) is 6.10. The van der Waals surface area contributed by atoms with E-state index >= 15 is 0 Å². The number of aromatic nitrogens is 2. The highest BCUT2D eigenvalue weighted by Gasteiger charge is 2.29. The number of nitrogens with one attached hydrogen (secondary N) is 2. The molecule has 0 radical (unpaired) electrons. The molecule has 96 valence electrons. The summed E-state index contributed by atoms with van der Waals surface area (Å²) < 4.78 is 0. The summed E-state index contributed by atoms with van der Waals surface area (Å²) in [7, 11) is 0. The molecule has 0 saturated heterocycles. The topological polar surface area (TPSA) is 83.8 Å². The number of nitrogens with two attached hydrogens (primary N) is 1. The minimum absolute atomic E-state index is 0.0998. The molecule has 2 atom stereocenters. The van der Waals surface area contributed by atoms with E-state index < -0.39 is 5.54 Å². The van der Waals surface area contributed by atoms with Crippen molar-refractivity contribution in [2.45, 2.75) is 51.6 Å². The molecule has 0 spiro atoms. The van der Waals surface area contributed by atoms with E-state index in [1.165, 1.54) is 0 Å². The highest BCUT2D eigenvalue weighted by atomic mass is 16.2. The fourth-order valence-electron chi connectivity index (χ4n) is 1.79. The van der Waals surface area contributed by atoms with Crippen LogP contribution in [0.25, 0.3) is 0 Å². The largest absolute Gasteiger partial charge is 0.347 e. The number of aromatic amines is 1. The van der Waals surface area contributed by atoms with Crippen LogP contribution in [0, 0.1) is 0 Å². The summed E-state index contributed by atoms with van der Waals surface area (Å²) in [5.74, 6) is 0.649. The lowest BCUT2D eigenvalue weighted by Gasteiger charge is -2.25. The van der Waals surface area contributed by atoms with Crippen molar-refractivity contribution in [3.8, 4) is 0 Å². The van der Waals surface area contributed by atoms with E-state index in [-0.39, 0.29) is 11.9 Å².